The van der Waals surface area contributed by atoms with E-state index in [1.54, 1.807) is 10.8 Å². The lowest BCUT2D eigenvalue weighted by Crippen LogP contribution is -2.26. The van der Waals surface area contributed by atoms with Gasteiger partial charge in [0.1, 0.15) is 28.9 Å². The largest absolute Gasteiger partial charge is 0.494 e. The highest BCUT2D eigenvalue weighted by atomic mass is 16.5. The number of aryl methyl sites for hydroxylation is 1. The van der Waals surface area contributed by atoms with Crippen LogP contribution in [-0.2, 0) is 11.2 Å². The van der Waals surface area contributed by atoms with Crippen LogP contribution in [0.1, 0.15) is 41.4 Å². The normalized spacial score (nSPS) is 14.7. The average molecular weight is 432 g/mol. The third-order valence-electron chi connectivity index (χ3n) is 5.30. The van der Waals surface area contributed by atoms with Gasteiger partial charge in [-0.15, -0.1) is 0 Å². The van der Waals surface area contributed by atoms with Gasteiger partial charge in [0.15, 0.2) is 0 Å². The number of nitrogens with one attached hydrogen (secondary N) is 2. The van der Waals surface area contributed by atoms with Crippen LogP contribution in [0.25, 0.3) is 0 Å². The van der Waals surface area contributed by atoms with Crippen molar-refractivity contribution in [2.24, 2.45) is 0 Å². The first-order chi connectivity index (χ1) is 15.5. The summed E-state index contributed by atoms with van der Waals surface area (Å²) in [6.07, 6.45) is 3.78. The fourth-order valence-corrected chi connectivity index (χ4v) is 3.76. The number of hydrogen-bond acceptors (Lipinski definition) is 5. The second-order valence-electron chi connectivity index (χ2n) is 7.24. The molecular weight excluding hydrogens is 408 g/mol. The summed E-state index contributed by atoms with van der Waals surface area (Å²) < 4.78 is 7.34. The molecule has 4 rings (SSSR count). The highest BCUT2D eigenvalue weighted by Crippen LogP contribution is 2.36. The molecule has 0 radical (unpaired) electrons. The van der Waals surface area contributed by atoms with Gasteiger partial charge < -0.3 is 20.5 Å². The van der Waals surface area contributed by atoms with Crippen LogP contribution in [0.2, 0.25) is 0 Å². The number of ether oxygens (including phenoxy) is 1. The molecular formula is C24H24N4O4. The summed E-state index contributed by atoms with van der Waals surface area (Å²) in [6, 6.07) is 14.4. The molecule has 1 aliphatic rings. The van der Waals surface area contributed by atoms with Crippen molar-refractivity contribution in [3.63, 3.8) is 0 Å². The second-order valence-corrected chi connectivity index (χ2v) is 7.24. The molecule has 2 aromatic carbocycles. The molecule has 1 amide bonds. The number of aromatic nitrogens is 2. The van der Waals surface area contributed by atoms with Crippen LogP contribution in [0, 0.1) is 0 Å². The maximum atomic E-state index is 13.1. The van der Waals surface area contributed by atoms with Crippen LogP contribution in [0.15, 0.2) is 66.5 Å². The topological polar surface area (TPSA) is 105 Å². The van der Waals surface area contributed by atoms with E-state index in [4.69, 9.17) is 4.74 Å². The number of nitrogens with zero attached hydrogens (tertiary/aromatic N) is 2. The highest BCUT2D eigenvalue weighted by Gasteiger charge is 2.31. The second kappa shape index (κ2) is 8.97. The number of rotatable bonds is 7. The third-order valence-corrected chi connectivity index (χ3v) is 5.30. The number of carboxylic acid groups (broad SMARTS) is 1. The van der Waals surface area contributed by atoms with Gasteiger partial charge in [-0.3, -0.25) is 4.79 Å². The first-order valence-electron chi connectivity index (χ1n) is 10.4. The molecule has 0 fully saturated rings. The van der Waals surface area contributed by atoms with Crippen molar-refractivity contribution < 1.29 is 19.4 Å². The molecule has 8 nitrogen and oxygen atoms in total. The number of fused-ring (bicyclic) bond motifs is 1. The van der Waals surface area contributed by atoms with Crippen molar-refractivity contribution in [1.29, 1.82) is 0 Å². The minimum Gasteiger partial charge on any atom is -0.494 e. The number of aliphatic carboxylic acids is 1. The number of carbonyl (C=O) groups is 2. The number of anilines is 2. The Morgan fingerprint density at radius 3 is 2.66 bits per heavy atom. The maximum absolute atomic E-state index is 13.1. The van der Waals surface area contributed by atoms with Crippen molar-refractivity contribution in [3.8, 4) is 5.75 Å². The molecule has 1 aromatic heterocycles. The number of carbonyl (C=O) groups excluding carboxylic acids is 1. The van der Waals surface area contributed by atoms with Gasteiger partial charge >= 0.3 is 5.97 Å². The Labute approximate surface area is 185 Å². The van der Waals surface area contributed by atoms with Gasteiger partial charge in [-0.2, -0.15) is 5.10 Å². The predicted octanol–water partition coefficient (Wildman–Crippen LogP) is 4.08. The molecule has 8 heteroatoms. The van der Waals surface area contributed by atoms with Crippen molar-refractivity contribution >= 4 is 23.4 Å². The fraction of sp³-hybridized carbons (Fsp3) is 0.208. The summed E-state index contributed by atoms with van der Waals surface area (Å²) in [7, 11) is 0. The SMILES string of the molecule is CCOc1ccccc1[C@H]1C=C(C(=O)O)Nc2c(C(=O)Nc3ccccc3CC)cnn21. The Kier molecular flexibility index (Phi) is 5.93. The first kappa shape index (κ1) is 21.2. The van der Waals surface area contributed by atoms with Crippen LogP contribution < -0.4 is 15.4 Å². The average Bonchev–Trinajstić information content (AvgIpc) is 3.24. The zero-order valence-electron chi connectivity index (χ0n) is 17.8. The Morgan fingerprint density at radius 2 is 1.91 bits per heavy atom. The van der Waals surface area contributed by atoms with E-state index in [-0.39, 0.29) is 17.2 Å². The summed E-state index contributed by atoms with van der Waals surface area (Å²) in [5.41, 5.74) is 2.69. The summed E-state index contributed by atoms with van der Waals surface area (Å²) >= 11 is 0. The monoisotopic (exact) mass is 432 g/mol. The Balaban J connectivity index is 1.75. The van der Waals surface area contributed by atoms with E-state index >= 15 is 0 Å². The lowest BCUT2D eigenvalue weighted by molar-refractivity contribution is -0.132. The van der Waals surface area contributed by atoms with Gasteiger partial charge in [0.05, 0.1) is 12.8 Å². The van der Waals surface area contributed by atoms with Crippen molar-refractivity contribution in [1.82, 2.24) is 9.78 Å². The molecule has 164 valence electrons. The molecule has 0 saturated carbocycles. The van der Waals surface area contributed by atoms with Crippen molar-refractivity contribution in [2.75, 3.05) is 17.2 Å². The molecule has 0 unspecified atom stereocenters. The minimum absolute atomic E-state index is 0.0303. The smallest absolute Gasteiger partial charge is 0.352 e. The zero-order valence-corrected chi connectivity index (χ0v) is 17.8. The van der Waals surface area contributed by atoms with E-state index in [1.807, 2.05) is 62.4 Å². The van der Waals surface area contributed by atoms with Crippen LogP contribution in [0.4, 0.5) is 11.5 Å². The van der Waals surface area contributed by atoms with Gasteiger partial charge in [0, 0.05) is 11.3 Å². The molecule has 3 N–H and O–H groups in total. The van der Waals surface area contributed by atoms with Crippen LogP contribution in [-0.4, -0.2) is 33.4 Å². The summed E-state index contributed by atoms with van der Waals surface area (Å²) in [5, 5.41) is 19.9. The van der Waals surface area contributed by atoms with E-state index in [0.29, 0.717) is 23.9 Å². The quantitative estimate of drug-likeness (QED) is 0.520. The molecule has 0 spiro atoms. The molecule has 0 aliphatic carbocycles. The van der Waals surface area contributed by atoms with Gasteiger partial charge in [0.2, 0.25) is 0 Å². The minimum atomic E-state index is -1.13. The molecule has 1 atom stereocenters. The lowest BCUT2D eigenvalue weighted by Gasteiger charge is -2.25. The number of amides is 1. The van der Waals surface area contributed by atoms with E-state index in [0.717, 1.165) is 17.5 Å². The number of carboxylic acids is 1. The maximum Gasteiger partial charge on any atom is 0.352 e. The lowest BCUT2D eigenvalue weighted by atomic mass is 10.0. The molecule has 0 bridgehead atoms. The van der Waals surface area contributed by atoms with Gasteiger partial charge in [0.25, 0.3) is 5.91 Å². The Bertz CT molecular complexity index is 1200. The molecule has 1 aliphatic heterocycles. The van der Waals surface area contributed by atoms with Crippen LogP contribution in [0.5, 0.6) is 5.75 Å². The van der Waals surface area contributed by atoms with E-state index in [1.165, 1.54) is 6.20 Å². The van der Waals surface area contributed by atoms with E-state index in [9.17, 15) is 14.7 Å². The zero-order chi connectivity index (χ0) is 22.7. The van der Waals surface area contributed by atoms with Crippen molar-refractivity contribution in [2.45, 2.75) is 26.3 Å². The predicted molar refractivity (Wildman–Crippen MR) is 121 cm³/mol. The number of allylic oxidation sites excluding steroid dienone is 1. The molecule has 0 saturated heterocycles. The fourth-order valence-electron chi connectivity index (χ4n) is 3.76. The van der Waals surface area contributed by atoms with Crippen LogP contribution >= 0.6 is 0 Å². The first-order valence-corrected chi connectivity index (χ1v) is 10.4. The van der Waals surface area contributed by atoms with Crippen LogP contribution in [0.3, 0.4) is 0 Å². The van der Waals surface area contributed by atoms with E-state index < -0.39 is 12.0 Å². The van der Waals surface area contributed by atoms with Gasteiger partial charge in [-0.05, 0) is 37.1 Å². The van der Waals surface area contributed by atoms with Gasteiger partial charge in [-0.25, -0.2) is 9.48 Å². The van der Waals surface area contributed by atoms with Gasteiger partial charge in [-0.1, -0.05) is 43.3 Å². The number of para-hydroxylation sites is 2. The number of benzene rings is 2. The highest BCUT2D eigenvalue weighted by molar-refractivity contribution is 6.08. The summed E-state index contributed by atoms with van der Waals surface area (Å²) in [4.78, 5) is 24.9. The number of hydrogen-bond donors (Lipinski definition) is 3. The third kappa shape index (κ3) is 3.94. The van der Waals surface area contributed by atoms with E-state index in [2.05, 4.69) is 15.7 Å². The molecule has 3 aromatic rings. The molecule has 32 heavy (non-hydrogen) atoms. The standard InChI is InChI=1S/C24H24N4O4/c1-3-15-9-5-7-11-18(15)27-23(29)17-14-25-28-20(13-19(24(30)31)26-22(17)28)16-10-6-8-12-21(16)32-4-2/h5-14,20,26H,3-4H2,1-2H3,(H,27,29)(H,30,31)/t20-/m1/s1. The Morgan fingerprint density at radius 1 is 1.16 bits per heavy atom. The molecule has 2 heterocycles. The Hall–Kier alpha value is -4.07. The van der Waals surface area contributed by atoms with Crippen molar-refractivity contribution in [3.05, 3.63) is 83.2 Å². The summed E-state index contributed by atoms with van der Waals surface area (Å²) in [5.74, 6) is -0.554. The summed E-state index contributed by atoms with van der Waals surface area (Å²) in [6.45, 7) is 4.36.